The zero-order chi connectivity index (χ0) is 10.8. The number of aromatic nitrogens is 2. The smallest absolute Gasteiger partial charge is 0.124 e. The Balaban J connectivity index is 2.58. The van der Waals surface area contributed by atoms with Crippen LogP contribution >= 0.6 is 34.2 Å². The number of nitrogens with two attached hydrogens (primary N) is 1. The maximum atomic E-state index is 5.86. The highest BCUT2D eigenvalue weighted by Gasteiger charge is 2.06. The minimum Gasteiger partial charge on any atom is -0.384 e. The van der Waals surface area contributed by atoms with E-state index in [0.717, 1.165) is 14.8 Å². The van der Waals surface area contributed by atoms with Crippen molar-refractivity contribution in [1.29, 1.82) is 0 Å². The molecule has 2 N–H and O–H groups in total. The van der Waals surface area contributed by atoms with E-state index in [-0.39, 0.29) is 0 Å². The molecule has 0 aliphatic heterocycles. The van der Waals surface area contributed by atoms with Crippen molar-refractivity contribution >= 4 is 40.0 Å². The van der Waals surface area contributed by atoms with E-state index in [2.05, 4.69) is 32.6 Å². The highest BCUT2D eigenvalue weighted by Crippen LogP contribution is 2.25. The lowest BCUT2D eigenvalue weighted by atomic mass is 10.2. The molecule has 0 atom stereocenters. The first-order chi connectivity index (χ1) is 7.16. The number of pyridine rings is 2. The molecule has 0 aliphatic rings. The molecule has 0 aliphatic carbocycles. The largest absolute Gasteiger partial charge is 0.384 e. The van der Waals surface area contributed by atoms with Crippen molar-refractivity contribution in [2.45, 2.75) is 0 Å². The highest BCUT2D eigenvalue weighted by atomic mass is 127. The quantitative estimate of drug-likeness (QED) is 0.817. The standard InChI is InChI=1S/C10H7ClIN3/c11-7-3-6(4-14-5-7)10-8(12)1-2-9(13)15-10/h1-5H,(H2,13,15). The van der Waals surface area contributed by atoms with Crippen LogP contribution in [0.2, 0.25) is 5.02 Å². The molecule has 15 heavy (non-hydrogen) atoms. The van der Waals surface area contributed by atoms with Gasteiger partial charge in [0, 0.05) is 21.5 Å². The molecule has 0 saturated carbocycles. The second-order valence-corrected chi connectivity index (χ2v) is 4.56. The molecule has 2 aromatic rings. The van der Waals surface area contributed by atoms with Gasteiger partial charge in [0.25, 0.3) is 0 Å². The third-order valence-corrected chi connectivity index (χ3v) is 2.92. The zero-order valence-corrected chi connectivity index (χ0v) is 10.5. The van der Waals surface area contributed by atoms with Gasteiger partial charge in [-0.05, 0) is 40.8 Å². The fourth-order valence-electron chi connectivity index (χ4n) is 1.20. The van der Waals surface area contributed by atoms with E-state index in [0.29, 0.717) is 10.8 Å². The Kier molecular flexibility index (Phi) is 3.06. The third kappa shape index (κ3) is 2.38. The molecule has 0 fully saturated rings. The summed E-state index contributed by atoms with van der Waals surface area (Å²) < 4.78 is 1.02. The first kappa shape index (κ1) is 10.6. The first-order valence-corrected chi connectivity index (χ1v) is 5.65. The van der Waals surface area contributed by atoms with Gasteiger partial charge < -0.3 is 5.73 Å². The molecule has 2 rings (SSSR count). The molecule has 0 aromatic carbocycles. The summed E-state index contributed by atoms with van der Waals surface area (Å²) in [6.07, 6.45) is 3.31. The van der Waals surface area contributed by atoms with Gasteiger partial charge in [-0.3, -0.25) is 4.98 Å². The normalized spacial score (nSPS) is 10.3. The fourth-order valence-corrected chi connectivity index (χ4v) is 1.99. The van der Waals surface area contributed by atoms with Crippen LogP contribution in [0.1, 0.15) is 0 Å². The van der Waals surface area contributed by atoms with Gasteiger partial charge in [0.15, 0.2) is 0 Å². The molecule has 3 nitrogen and oxygen atoms in total. The van der Waals surface area contributed by atoms with Crippen molar-refractivity contribution in [3.63, 3.8) is 0 Å². The van der Waals surface area contributed by atoms with Crippen molar-refractivity contribution in [2.24, 2.45) is 0 Å². The minimum absolute atomic E-state index is 0.491. The minimum atomic E-state index is 0.491. The second-order valence-electron chi connectivity index (χ2n) is 2.96. The number of nitrogens with zero attached hydrogens (tertiary/aromatic N) is 2. The predicted molar refractivity (Wildman–Crippen MR) is 69.6 cm³/mol. The van der Waals surface area contributed by atoms with Gasteiger partial charge in [0.05, 0.1) is 10.7 Å². The van der Waals surface area contributed by atoms with Crippen molar-refractivity contribution in [3.8, 4) is 11.3 Å². The van der Waals surface area contributed by atoms with Crippen LogP contribution in [0.4, 0.5) is 5.82 Å². The molecule has 0 spiro atoms. The van der Waals surface area contributed by atoms with Crippen molar-refractivity contribution in [2.75, 3.05) is 5.73 Å². The maximum absolute atomic E-state index is 5.86. The van der Waals surface area contributed by atoms with E-state index in [1.165, 1.54) is 0 Å². The molecule has 0 radical (unpaired) electrons. The Morgan fingerprint density at radius 3 is 2.80 bits per heavy atom. The van der Waals surface area contributed by atoms with Crippen LogP contribution in [0.15, 0.2) is 30.6 Å². The third-order valence-electron chi connectivity index (χ3n) is 1.85. The molecule has 0 unspecified atom stereocenters. The number of anilines is 1. The van der Waals surface area contributed by atoms with Gasteiger partial charge in [-0.2, -0.15) is 0 Å². The lowest BCUT2D eigenvalue weighted by Crippen LogP contribution is -1.94. The lowest BCUT2D eigenvalue weighted by Gasteiger charge is -2.04. The molecule has 5 heteroatoms. The van der Waals surface area contributed by atoms with Gasteiger partial charge in [-0.1, -0.05) is 11.6 Å². The first-order valence-electron chi connectivity index (χ1n) is 4.20. The van der Waals surface area contributed by atoms with Gasteiger partial charge in [0.2, 0.25) is 0 Å². The number of nitrogen functional groups attached to an aromatic ring is 1. The van der Waals surface area contributed by atoms with Crippen molar-refractivity contribution in [3.05, 3.63) is 39.2 Å². The summed E-state index contributed by atoms with van der Waals surface area (Å²) in [5.41, 5.74) is 7.32. The second kappa shape index (κ2) is 4.32. The van der Waals surface area contributed by atoms with Gasteiger partial charge in [-0.15, -0.1) is 0 Å². The molecule has 2 heterocycles. The van der Waals surface area contributed by atoms with Gasteiger partial charge in [0.1, 0.15) is 5.82 Å². The van der Waals surface area contributed by atoms with Crippen LogP contribution in [0, 0.1) is 3.57 Å². The number of halogens is 2. The summed E-state index contributed by atoms with van der Waals surface area (Å²) in [6.45, 7) is 0. The van der Waals surface area contributed by atoms with Crippen LogP contribution in [-0.2, 0) is 0 Å². The average Bonchev–Trinajstić information content (AvgIpc) is 2.22. The monoisotopic (exact) mass is 331 g/mol. The van der Waals surface area contributed by atoms with Gasteiger partial charge in [-0.25, -0.2) is 4.98 Å². The van der Waals surface area contributed by atoms with Crippen molar-refractivity contribution < 1.29 is 0 Å². The number of rotatable bonds is 1. The topological polar surface area (TPSA) is 51.8 Å². The van der Waals surface area contributed by atoms with Crippen LogP contribution < -0.4 is 5.73 Å². The molecule has 76 valence electrons. The summed E-state index contributed by atoms with van der Waals surface area (Å²) in [4.78, 5) is 8.27. The number of hydrogen-bond acceptors (Lipinski definition) is 3. The highest BCUT2D eigenvalue weighted by molar-refractivity contribution is 14.1. The fraction of sp³-hybridized carbons (Fsp3) is 0. The van der Waals surface area contributed by atoms with Crippen LogP contribution in [0.5, 0.6) is 0 Å². The zero-order valence-electron chi connectivity index (χ0n) is 7.61. The summed E-state index contributed by atoms with van der Waals surface area (Å²) in [5, 5.41) is 0.590. The molecule has 0 saturated heterocycles. The molecular weight excluding hydrogens is 324 g/mol. The summed E-state index contributed by atoms with van der Waals surface area (Å²) in [5.74, 6) is 0.491. The van der Waals surface area contributed by atoms with Crippen molar-refractivity contribution in [1.82, 2.24) is 9.97 Å². The Morgan fingerprint density at radius 1 is 1.27 bits per heavy atom. The Hall–Kier alpha value is -0.880. The van der Waals surface area contributed by atoms with Crippen LogP contribution in [-0.4, -0.2) is 9.97 Å². The summed E-state index contributed by atoms with van der Waals surface area (Å²) in [7, 11) is 0. The lowest BCUT2D eigenvalue weighted by molar-refractivity contribution is 1.27. The van der Waals surface area contributed by atoms with E-state index < -0.39 is 0 Å². The summed E-state index contributed by atoms with van der Waals surface area (Å²) >= 11 is 8.07. The van der Waals surface area contributed by atoms with E-state index in [9.17, 15) is 0 Å². The molecule has 2 aromatic heterocycles. The van der Waals surface area contributed by atoms with E-state index in [4.69, 9.17) is 17.3 Å². The SMILES string of the molecule is Nc1ccc(I)c(-c2cncc(Cl)c2)n1. The number of hydrogen-bond donors (Lipinski definition) is 1. The maximum Gasteiger partial charge on any atom is 0.124 e. The Bertz CT molecular complexity index is 502. The van der Waals surface area contributed by atoms with E-state index in [1.807, 2.05) is 12.1 Å². The summed E-state index contributed by atoms with van der Waals surface area (Å²) in [6, 6.07) is 5.50. The van der Waals surface area contributed by atoms with E-state index in [1.54, 1.807) is 18.5 Å². The van der Waals surface area contributed by atoms with E-state index >= 15 is 0 Å². The Labute approximate surface area is 106 Å². The Morgan fingerprint density at radius 2 is 2.07 bits per heavy atom. The van der Waals surface area contributed by atoms with Crippen LogP contribution in [0.3, 0.4) is 0 Å². The molecular formula is C10H7ClIN3. The predicted octanol–water partition coefficient (Wildman–Crippen LogP) is 2.98. The van der Waals surface area contributed by atoms with Crippen LogP contribution in [0.25, 0.3) is 11.3 Å². The average molecular weight is 332 g/mol. The molecule has 0 bridgehead atoms. The van der Waals surface area contributed by atoms with Gasteiger partial charge >= 0.3 is 0 Å². The molecule has 0 amide bonds.